The molecule has 1 aliphatic rings. The van der Waals surface area contributed by atoms with Crippen LogP contribution in [0.4, 0.5) is 0 Å². The van der Waals surface area contributed by atoms with Crippen LogP contribution in [0, 0.1) is 35.5 Å². The Balaban J connectivity index is 2.95. The maximum atomic E-state index is 15.3. The third-order valence-corrected chi connectivity index (χ3v) is 17.8. The molecule has 0 radical (unpaired) electrons. The van der Waals surface area contributed by atoms with Crippen LogP contribution in [0.2, 0.25) is 0 Å². The standard InChI is InChI=1S/C71H120N12O14/c1-24-26-32-47(13)61(85)60-65(89)75-52(25-2)67(91)77(17)40-56(84)81(21)59(50(16)96-36-31-30-35-72-97-41-51-33-28-27-29-34-51)64(88)76-57(45(9)10)70(94)78(18)53(37-42(3)4)63(87)73-48(14)62(86)74-49(15)66(90)79(19)54(38-43(5)6)68(92)80(20)55(39-44(7)8)69(93)82(22)58(46(11)12)71(95)83(60)23/h24,26-29,33-35,42-50,52-55,57-61,85H,25,30-32,36-41H2,1-23H3,(H,73,87)(H,74,86)(H,75,89)(H,76,88)/b26-24+,72-35-/t47-,48+,49-,50-,52+,53+,54+,55+,57+,58-,59+,60-,61-/m1/s1. The summed E-state index contributed by atoms with van der Waals surface area (Å²) in [5, 5.41) is 27.2. The lowest BCUT2D eigenvalue weighted by atomic mass is 9.91. The number of likely N-dealkylation sites (N-methyl/N-ethyl adjacent to an activating group) is 7. The number of aliphatic hydroxyl groups is 1. The van der Waals surface area contributed by atoms with Gasteiger partial charge in [-0.25, -0.2) is 0 Å². The fourth-order valence-corrected chi connectivity index (χ4v) is 11.8. The Kier molecular flexibility index (Phi) is 36.2. The van der Waals surface area contributed by atoms with E-state index in [1.165, 1.54) is 82.8 Å². The maximum absolute atomic E-state index is 15.3. The monoisotopic (exact) mass is 1360 g/mol. The van der Waals surface area contributed by atoms with Crippen LogP contribution in [0.3, 0.4) is 0 Å². The van der Waals surface area contributed by atoms with Gasteiger partial charge in [0.2, 0.25) is 65.0 Å². The van der Waals surface area contributed by atoms with Gasteiger partial charge in [-0.3, -0.25) is 52.7 Å². The third-order valence-electron chi connectivity index (χ3n) is 17.8. The highest BCUT2D eigenvalue weighted by Gasteiger charge is 2.46. The number of hydrogen-bond acceptors (Lipinski definition) is 15. The molecule has 97 heavy (non-hydrogen) atoms. The number of allylic oxidation sites excluding steroid dienone is 2. The van der Waals surface area contributed by atoms with Crippen molar-refractivity contribution in [2.45, 2.75) is 235 Å². The molecule has 1 fully saturated rings. The van der Waals surface area contributed by atoms with Gasteiger partial charge in [-0.15, -0.1) is 0 Å². The molecule has 1 saturated heterocycles. The number of nitrogens with one attached hydrogen (secondary N) is 4. The van der Waals surface area contributed by atoms with Crippen molar-refractivity contribution >= 4 is 71.2 Å². The first kappa shape index (κ1) is 85.6. The van der Waals surface area contributed by atoms with Crippen LogP contribution in [0.15, 0.2) is 47.6 Å². The van der Waals surface area contributed by atoms with E-state index in [1.807, 2.05) is 71.9 Å². The van der Waals surface area contributed by atoms with Crippen molar-refractivity contribution < 1.29 is 67.4 Å². The Hall–Kier alpha value is -7.48. The highest BCUT2D eigenvalue weighted by molar-refractivity contribution is 5.99. The summed E-state index contributed by atoms with van der Waals surface area (Å²) in [6.07, 6.45) is 4.10. The van der Waals surface area contributed by atoms with Crippen LogP contribution >= 0.6 is 0 Å². The third kappa shape index (κ3) is 25.4. The SMILES string of the molecule is C/C=C/C[C@@H](C)[C@@H](O)[C@@H]1C(=O)N[C@@H](CC)C(=O)N(C)CC(=O)N(C)[C@@H]([C@@H](C)OCCC/C=N\OCc2ccccc2)C(=O)N[C@@H](C(C)C)C(=O)N(C)[C@@H](CC(C)C)C(=O)N[C@@H](C)C(=O)N[C@H](C)C(=O)N(C)[C@@H](CC(C)C)C(=O)N(C)[C@@H](CC(C)C)C(=O)N(C)[C@H](C(C)C)C(=O)N1C. The normalized spacial score (nSPS) is 25.3. The summed E-state index contributed by atoms with van der Waals surface area (Å²) in [6.45, 7) is 27.3. The van der Waals surface area contributed by atoms with Crippen LogP contribution in [-0.4, -0.2) is 246 Å². The van der Waals surface area contributed by atoms with Crippen molar-refractivity contribution in [2.24, 2.45) is 40.7 Å². The summed E-state index contributed by atoms with van der Waals surface area (Å²) in [4.78, 5) is 176. The van der Waals surface area contributed by atoms with Crippen molar-refractivity contribution in [3.8, 4) is 0 Å². The minimum Gasteiger partial charge on any atom is -0.391 e. The summed E-state index contributed by atoms with van der Waals surface area (Å²) >= 11 is 0. The van der Waals surface area contributed by atoms with Crippen molar-refractivity contribution in [3.05, 3.63) is 48.0 Å². The molecule has 5 N–H and O–H groups in total. The molecule has 1 aliphatic heterocycles. The molecule has 0 bridgehead atoms. The van der Waals surface area contributed by atoms with Gasteiger partial charge in [0, 0.05) is 62.2 Å². The predicted octanol–water partition coefficient (Wildman–Crippen LogP) is 4.61. The van der Waals surface area contributed by atoms with Gasteiger partial charge in [0.1, 0.15) is 67.0 Å². The number of rotatable bonds is 22. The zero-order chi connectivity index (χ0) is 74.0. The second kappa shape index (κ2) is 41.1. The summed E-state index contributed by atoms with van der Waals surface area (Å²) in [5.74, 6) is -10.3. The number of oxime groups is 1. The fraction of sp³-hybridized carbons (Fsp3) is 0.718. The number of amides is 11. The summed E-state index contributed by atoms with van der Waals surface area (Å²) in [6, 6.07) is -3.51. The minimum absolute atomic E-state index is 0.0174. The van der Waals surface area contributed by atoms with Gasteiger partial charge >= 0.3 is 0 Å². The van der Waals surface area contributed by atoms with Crippen LogP contribution in [-0.2, 0) is 68.9 Å². The van der Waals surface area contributed by atoms with E-state index in [0.717, 1.165) is 20.3 Å². The van der Waals surface area contributed by atoms with E-state index < -0.39 is 162 Å². The molecule has 1 heterocycles. The zero-order valence-corrected chi connectivity index (χ0v) is 62.4. The van der Waals surface area contributed by atoms with Crippen LogP contribution in [0.1, 0.15) is 161 Å². The zero-order valence-electron chi connectivity index (χ0n) is 62.4. The van der Waals surface area contributed by atoms with E-state index in [0.29, 0.717) is 12.8 Å². The summed E-state index contributed by atoms with van der Waals surface area (Å²) < 4.78 is 6.25. The van der Waals surface area contributed by atoms with Crippen LogP contribution in [0.25, 0.3) is 0 Å². The molecular formula is C71H120N12O14. The Morgan fingerprint density at radius 2 is 1.06 bits per heavy atom. The number of benzene rings is 1. The number of unbranched alkanes of at least 4 members (excludes halogenated alkanes) is 1. The van der Waals surface area contributed by atoms with Gasteiger partial charge in [0.25, 0.3) is 0 Å². The van der Waals surface area contributed by atoms with Gasteiger partial charge in [-0.05, 0) is 114 Å². The molecule has 0 spiro atoms. The number of hydrogen-bond donors (Lipinski definition) is 5. The lowest BCUT2D eigenvalue weighted by molar-refractivity contribution is -0.157. The predicted molar refractivity (Wildman–Crippen MR) is 373 cm³/mol. The van der Waals surface area contributed by atoms with E-state index >= 15 is 14.4 Å². The number of carbonyl (C=O) groups is 11. The molecule has 0 aromatic heterocycles. The van der Waals surface area contributed by atoms with Gasteiger partial charge in [-0.1, -0.05) is 131 Å². The molecule has 13 atom stereocenters. The van der Waals surface area contributed by atoms with E-state index in [2.05, 4.69) is 26.4 Å². The molecule has 0 aliphatic carbocycles. The largest absolute Gasteiger partial charge is 0.391 e. The maximum Gasteiger partial charge on any atom is 0.246 e. The molecule has 548 valence electrons. The van der Waals surface area contributed by atoms with Gasteiger partial charge in [0.05, 0.1) is 18.8 Å². The first-order valence-electron chi connectivity index (χ1n) is 34.4. The molecule has 1 aromatic rings. The lowest BCUT2D eigenvalue weighted by Crippen LogP contribution is -2.63. The van der Waals surface area contributed by atoms with Gasteiger partial charge in [-0.2, -0.15) is 0 Å². The van der Waals surface area contributed by atoms with Crippen LogP contribution in [0.5, 0.6) is 0 Å². The van der Waals surface area contributed by atoms with Crippen molar-refractivity contribution in [1.82, 2.24) is 55.6 Å². The molecule has 2 rings (SSSR count). The molecule has 1 aromatic carbocycles. The van der Waals surface area contributed by atoms with Crippen molar-refractivity contribution in [3.63, 3.8) is 0 Å². The average molecular weight is 1370 g/mol. The Labute approximate surface area is 578 Å². The molecule has 0 unspecified atom stereocenters. The van der Waals surface area contributed by atoms with Crippen LogP contribution < -0.4 is 21.3 Å². The minimum atomic E-state index is -1.65. The fourth-order valence-electron chi connectivity index (χ4n) is 11.8. The Morgan fingerprint density at radius 1 is 0.557 bits per heavy atom. The number of carbonyl (C=O) groups excluding carboxylic acids is 11. The van der Waals surface area contributed by atoms with E-state index in [9.17, 15) is 43.5 Å². The number of aliphatic hydroxyl groups excluding tert-OH is 1. The molecular weight excluding hydrogens is 1240 g/mol. The quantitative estimate of drug-likeness (QED) is 0.0459. The van der Waals surface area contributed by atoms with Gasteiger partial charge in [0.15, 0.2) is 0 Å². The second-order valence-electron chi connectivity index (χ2n) is 28.2. The Morgan fingerprint density at radius 3 is 1.59 bits per heavy atom. The summed E-state index contributed by atoms with van der Waals surface area (Å²) in [5.41, 5.74) is 0.937. The number of ether oxygens (including phenoxy) is 1. The molecule has 26 heteroatoms. The highest BCUT2D eigenvalue weighted by atomic mass is 16.6. The first-order chi connectivity index (χ1) is 45.3. The van der Waals surface area contributed by atoms with Crippen molar-refractivity contribution in [2.75, 3.05) is 62.5 Å². The molecule has 0 saturated carbocycles. The smallest absolute Gasteiger partial charge is 0.246 e. The lowest BCUT2D eigenvalue weighted by Gasteiger charge is -2.41. The molecule has 11 amide bonds. The van der Waals surface area contributed by atoms with E-state index in [-0.39, 0.29) is 63.1 Å². The van der Waals surface area contributed by atoms with Crippen molar-refractivity contribution in [1.29, 1.82) is 0 Å². The Bertz CT molecular complexity index is 2820. The topological polar surface area (TPSA) is 310 Å². The first-order valence-corrected chi connectivity index (χ1v) is 34.4. The van der Waals surface area contributed by atoms with E-state index in [1.54, 1.807) is 73.8 Å². The second-order valence-corrected chi connectivity index (χ2v) is 28.2. The summed E-state index contributed by atoms with van der Waals surface area (Å²) in [7, 11) is 9.78. The number of nitrogens with zero attached hydrogens (tertiary/aromatic N) is 8. The average Bonchev–Trinajstić information content (AvgIpc) is 0.808. The van der Waals surface area contributed by atoms with Gasteiger partial charge < -0.3 is 70.2 Å². The molecule has 26 nitrogen and oxygen atoms in total. The van der Waals surface area contributed by atoms with E-state index in [4.69, 9.17) is 9.57 Å². The highest BCUT2D eigenvalue weighted by Crippen LogP contribution is 2.26.